The second kappa shape index (κ2) is 3.29. The minimum Gasteiger partial charge on any atom is -0.469 e. The van der Waals surface area contributed by atoms with Gasteiger partial charge in [0.25, 0.3) is 0 Å². The molecule has 0 unspecified atom stereocenters. The summed E-state index contributed by atoms with van der Waals surface area (Å²) in [4.78, 5) is 0. The highest BCUT2D eigenvalue weighted by Gasteiger charge is 2.29. The van der Waals surface area contributed by atoms with Gasteiger partial charge in [-0.05, 0) is 12.1 Å². The largest absolute Gasteiger partial charge is 0.469 e. The fourth-order valence-electron chi connectivity index (χ4n) is 1.76. The zero-order valence-corrected chi connectivity index (χ0v) is 6.86. The van der Waals surface area contributed by atoms with Crippen molar-refractivity contribution in [2.75, 3.05) is 19.7 Å². The van der Waals surface area contributed by atoms with Crippen LogP contribution in [0.4, 0.5) is 0 Å². The third-order valence-electron chi connectivity index (χ3n) is 2.48. The molecule has 0 saturated carbocycles. The Hall–Kier alpha value is -0.800. The van der Waals surface area contributed by atoms with Crippen LogP contribution in [0, 0.1) is 5.92 Å². The molecule has 2 atom stereocenters. The van der Waals surface area contributed by atoms with Gasteiger partial charge in [-0.1, -0.05) is 0 Å². The zero-order chi connectivity index (χ0) is 8.39. The fraction of sp³-hybridized carbons (Fsp3) is 0.556. The molecule has 2 rings (SSSR count). The lowest BCUT2D eigenvalue weighted by molar-refractivity contribution is 0.218. The van der Waals surface area contributed by atoms with Gasteiger partial charge in [0.05, 0.1) is 6.26 Å². The van der Waals surface area contributed by atoms with Gasteiger partial charge in [0.15, 0.2) is 0 Å². The van der Waals surface area contributed by atoms with Gasteiger partial charge in [0.2, 0.25) is 0 Å². The van der Waals surface area contributed by atoms with Crippen LogP contribution in [0.15, 0.2) is 22.8 Å². The fourth-order valence-corrected chi connectivity index (χ4v) is 1.76. The normalized spacial score (nSPS) is 29.4. The standard InChI is InChI=1S/C9H13NO2/c11-6-7-4-10-5-8(7)9-2-1-3-12-9/h1-3,7-8,10-11H,4-6H2/t7-,8+/m1/s1. The average Bonchev–Trinajstić information content (AvgIpc) is 2.74. The first kappa shape index (κ1) is 7.83. The molecule has 1 aromatic rings. The van der Waals surface area contributed by atoms with Gasteiger partial charge in [0.1, 0.15) is 5.76 Å². The Morgan fingerprint density at radius 3 is 3.17 bits per heavy atom. The van der Waals surface area contributed by atoms with E-state index in [2.05, 4.69) is 5.32 Å². The van der Waals surface area contributed by atoms with E-state index in [9.17, 15) is 0 Å². The van der Waals surface area contributed by atoms with Gasteiger partial charge in [0, 0.05) is 31.5 Å². The lowest BCUT2D eigenvalue weighted by Gasteiger charge is -2.12. The molecule has 0 radical (unpaired) electrons. The van der Waals surface area contributed by atoms with Crippen LogP contribution in [0.25, 0.3) is 0 Å². The van der Waals surface area contributed by atoms with Gasteiger partial charge in [-0.2, -0.15) is 0 Å². The summed E-state index contributed by atoms with van der Waals surface area (Å²) < 4.78 is 5.30. The van der Waals surface area contributed by atoms with Crippen LogP contribution < -0.4 is 5.32 Å². The molecular weight excluding hydrogens is 154 g/mol. The molecule has 2 heterocycles. The minimum absolute atomic E-state index is 0.234. The van der Waals surface area contributed by atoms with Crippen LogP contribution in [0.2, 0.25) is 0 Å². The molecule has 0 spiro atoms. The number of aliphatic hydroxyl groups excluding tert-OH is 1. The number of hydrogen-bond donors (Lipinski definition) is 2. The summed E-state index contributed by atoms with van der Waals surface area (Å²) in [6.45, 7) is 2.04. The van der Waals surface area contributed by atoms with Crippen molar-refractivity contribution in [2.24, 2.45) is 5.92 Å². The highest BCUT2D eigenvalue weighted by Crippen LogP contribution is 2.27. The maximum atomic E-state index is 9.05. The van der Waals surface area contributed by atoms with Crippen LogP contribution in [-0.2, 0) is 0 Å². The van der Waals surface area contributed by atoms with Crippen molar-refractivity contribution in [3.05, 3.63) is 24.2 Å². The Labute approximate surface area is 71.4 Å². The highest BCUT2D eigenvalue weighted by molar-refractivity contribution is 5.10. The number of aliphatic hydroxyl groups is 1. The van der Waals surface area contributed by atoms with Crippen LogP contribution in [0.1, 0.15) is 11.7 Å². The van der Waals surface area contributed by atoms with Crippen molar-refractivity contribution >= 4 is 0 Å². The Kier molecular flexibility index (Phi) is 2.15. The SMILES string of the molecule is OC[C@H]1CNC[C@@H]1c1ccco1. The van der Waals surface area contributed by atoms with E-state index < -0.39 is 0 Å². The predicted molar refractivity (Wildman–Crippen MR) is 44.9 cm³/mol. The van der Waals surface area contributed by atoms with E-state index in [1.807, 2.05) is 12.1 Å². The number of nitrogens with one attached hydrogen (secondary N) is 1. The van der Waals surface area contributed by atoms with Gasteiger partial charge in [-0.25, -0.2) is 0 Å². The van der Waals surface area contributed by atoms with Crippen molar-refractivity contribution in [2.45, 2.75) is 5.92 Å². The summed E-state index contributed by atoms with van der Waals surface area (Å²) in [5, 5.41) is 12.3. The first-order chi connectivity index (χ1) is 5.92. The molecule has 0 amide bonds. The van der Waals surface area contributed by atoms with Crippen molar-refractivity contribution in [3.63, 3.8) is 0 Å². The maximum Gasteiger partial charge on any atom is 0.108 e. The molecule has 1 fully saturated rings. The Morgan fingerprint density at radius 1 is 1.58 bits per heavy atom. The first-order valence-electron chi connectivity index (χ1n) is 4.27. The van der Waals surface area contributed by atoms with Crippen LogP contribution in [0.3, 0.4) is 0 Å². The van der Waals surface area contributed by atoms with Gasteiger partial charge < -0.3 is 14.8 Å². The molecular formula is C9H13NO2. The number of rotatable bonds is 2. The summed E-state index contributed by atoms with van der Waals surface area (Å²) in [7, 11) is 0. The third-order valence-corrected chi connectivity index (χ3v) is 2.48. The van der Waals surface area contributed by atoms with Gasteiger partial charge in [-0.3, -0.25) is 0 Å². The Balaban J connectivity index is 2.13. The maximum absolute atomic E-state index is 9.05. The minimum atomic E-state index is 0.234. The molecule has 1 saturated heterocycles. The van der Waals surface area contributed by atoms with Gasteiger partial charge in [-0.15, -0.1) is 0 Å². The quantitative estimate of drug-likeness (QED) is 0.677. The molecule has 0 aromatic carbocycles. The molecule has 3 nitrogen and oxygen atoms in total. The molecule has 12 heavy (non-hydrogen) atoms. The van der Waals surface area contributed by atoms with E-state index >= 15 is 0 Å². The summed E-state index contributed by atoms with van der Waals surface area (Å²) in [6, 6.07) is 3.86. The van der Waals surface area contributed by atoms with Crippen molar-refractivity contribution < 1.29 is 9.52 Å². The lowest BCUT2D eigenvalue weighted by Crippen LogP contribution is -2.14. The smallest absolute Gasteiger partial charge is 0.108 e. The van der Waals surface area contributed by atoms with Crippen LogP contribution in [-0.4, -0.2) is 24.8 Å². The summed E-state index contributed by atoms with van der Waals surface area (Å²) in [5.74, 6) is 1.65. The summed E-state index contributed by atoms with van der Waals surface area (Å²) in [6.07, 6.45) is 1.68. The van der Waals surface area contributed by atoms with Crippen LogP contribution in [0.5, 0.6) is 0 Å². The molecule has 0 bridgehead atoms. The lowest BCUT2D eigenvalue weighted by atomic mass is 9.95. The van der Waals surface area contributed by atoms with Gasteiger partial charge >= 0.3 is 0 Å². The van der Waals surface area contributed by atoms with E-state index in [1.165, 1.54) is 0 Å². The van der Waals surface area contributed by atoms with Crippen molar-refractivity contribution in [1.82, 2.24) is 5.32 Å². The summed E-state index contributed by atoms with van der Waals surface area (Å²) in [5.41, 5.74) is 0. The molecule has 2 N–H and O–H groups in total. The van der Waals surface area contributed by atoms with E-state index in [0.29, 0.717) is 11.8 Å². The molecule has 66 valence electrons. The molecule has 1 aromatic heterocycles. The molecule has 1 aliphatic heterocycles. The number of furan rings is 1. The number of hydrogen-bond acceptors (Lipinski definition) is 3. The molecule has 1 aliphatic rings. The second-order valence-corrected chi connectivity index (χ2v) is 3.22. The second-order valence-electron chi connectivity index (χ2n) is 3.22. The van der Waals surface area contributed by atoms with E-state index in [4.69, 9.17) is 9.52 Å². The first-order valence-corrected chi connectivity index (χ1v) is 4.27. The van der Waals surface area contributed by atoms with Crippen LogP contribution >= 0.6 is 0 Å². The topological polar surface area (TPSA) is 45.4 Å². The van der Waals surface area contributed by atoms with Crippen molar-refractivity contribution in [1.29, 1.82) is 0 Å². The van der Waals surface area contributed by atoms with Crippen molar-refractivity contribution in [3.8, 4) is 0 Å². The molecule has 0 aliphatic carbocycles. The highest BCUT2D eigenvalue weighted by atomic mass is 16.3. The predicted octanol–water partition coefficient (Wildman–Crippen LogP) is 0.575. The monoisotopic (exact) mass is 167 g/mol. The average molecular weight is 167 g/mol. The van der Waals surface area contributed by atoms with E-state index in [1.54, 1.807) is 6.26 Å². The Bertz CT molecular complexity index is 233. The summed E-state index contributed by atoms with van der Waals surface area (Å²) >= 11 is 0. The molecule has 3 heteroatoms. The third kappa shape index (κ3) is 1.26. The van der Waals surface area contributed by atoms with E-state index in [0.717, 1.165) is 18.8 Å². The zero-order valence-electron chi connectivity index (χ0n) is 6.86. The Morgan fingerprint density at radius 2 is 2.50 bits per heavy atom. The van der Waals surface area contributed by atoms with E-state index in [-0.39, 0.29) is 6.61 Å².